The van der Waals surface area contributed by atoms with E-state index in [9.17, 15) is 0 Å². The largest absolute Gasteiger partial charge is 1.00 e. The van der Waals surface area contributed by atoms with Crippen molar-refractivity contribution in [2.24, 2.45) is 0 Å². The van der Waals surface area contributed by atoms with E-state index in [4.69, 9.17) is 5.11 Å². The van der Waals surface area contributed by atoms with Crippen molar-refractivity contribution in [3.8, 4) is 0 Å². The van der Waals surface area contributed by atoms with Crippen LogP contribution in [0.15, 0.2) is 0 Å². The Morgan fingerprint density at radius 3 is 1.43 bits per heavy atom. The summed E-state index contributed by atoms with van der Waals surface area (Å²) >= 11 is 0. The van der Waals surface area contributed by atoms with E-state index in [0.29, 0.717) is 6.61 Å². The SMILES string of the molecule is CN(C)C.C[N+](C)(C)CCCO.Cl.[Cl-]. The Hall–Kier alpha value is 0.460. The number of rotatable bonds is 3. The molecule has 0 aromatic carbocycles. The quantitative estimate of drug-likeness (QED) is 0.568. The van der Waals surface area contributed by atoms with E-state index >= 15 is 0 Å². The molecule has 92 valence electrons. The van der Waals surface area contributed by atoms with Crippen molar-refractivity contribution in [2.45, 2.75) is 6.42 Å². The predicted molar refractivity (Wildman–Crippen MR) is 61.5 cm³/mol. The van der Waals surface area contributed by atoms with Crippen molar-refractivity contribution in [2.75, 3.05) is 55.4 Å². The summed E-state index contributed by atoms with van der Waals surface area (Å²) in [6.07, 6.45) is 0.906. The predicted octanol–water partition coefficient (Wildman–Crippen LogP) is -2.32. The van der Waals surface area contributed by atoms with Gasteiger partial charge in [0.15, 0.2) is 0 Å². The number of quaternary nitrogens is 1. The van der Waals surface area contributed by atoms with Gasteiger partial charge in [0.25, 0.3) is 0 Å². The van der Waals surface area contributed by atoms with Crippen LogP contribution in [0.4, 0.5) is 0 Å². The van der Waals surface area contributed by atoms with Gasteiger partial charge < -0.3 is 26.9 Å². The van der Waals surface area contributed by atoms with Gasteiger partial charge in [-0.2, -0.15) is 0 Å². The fourth-order valence-corrected chi connectivity index (χ4v) is 0.545. The van der Waals surface area contributed by atoms with Gasteiger partial charge in [0.1, 0.15) is 0 Å². The second kappa shape index (κ2) is 13.5. The van der Waals surface area contributed by atoms with Gasteiger partial charge in [-0.05, 0) is 21.1 Å². The van der Waals surface area contributed by atoms with Crippen LogP contribution in [0.5, 0.6) is 0 Å². The summed E-state index contributed by atoms with van der Waals surface area (Å²) in [5.74, 6) is 0. The van der Waals surface area contributed by atoms with Crippen molar-refractivity contribution >= 4 is 12.4 Å². The first-order valence-electron chi connectivity index (χ1n) is 4.32. The molecule has 3 nitrogen and oxygen atoms in total. The lowest BCUT2D eigenvalue weighted by Crippen LogP contribution is -3.00. The Balaban J connectivity index is -0.0000000733. The zero-order valence-electron chi connectivity index (χ0n) is 10.2. The van der Waals surface area contributed by atoms with Gasteiger partial charge in [-0.1, -0.05) is 0 Å². The highest BCUT2D eigenvalue weighted by atomic mass is 35.5. The molecule has 0 rings (SSSR count). The van der Waals surface area contributed by atoms with E-state index in [2.05, 4.69) is 21.1 Å². The number of aliphatic hydroxyl groups excluding tert-OH is 1. The minimum atomic E-state index is 0. The van der Waals surface area contributed by atoms with Crippen LogP contribution in [0.3, 0.4) is 0 Å². The Kier molecular flexibility index (Phi) is 23.0. The summed E-state index contributed by atoms with van der Waals surface area (Å²) in [7, 11) is 12.4. The van der Waals surface area contributed by atoms with Gasteiger partial charge in [-0.25, -0.2) is 0 Å². The van der Waals surface area contributed by atoms with Crippen LogP contribution in [0.25, 0.3) is 0 Å². The molecule has 0 saturated heterocycles. The summed E-state index contributed by atoms with van der Waals surface area (Å²) in [5.41, 5.74) is 0. The molecule has 0 bridgehead atoms. The molecule has 5 heteroatoms. The van der Waals surface area contributed by atoms with E-state index in [0.717, 1.165) is 17.4 Å². The van der Waals surface area contributed by atoms with Crippen molar-refractivity contribution in [3.63, 3.8) is 0 Å². The Morgan fingerprint density at radius 1 is 1.07 bits per heavy atom. The molecular weight excluding hydrogens is 223 g/mol. The molecule has 0 aliphatic heterocycles. The molecule has 0 atom stereocenters. The van der Waals surface area contributed by atoms with Crippen LogP contribution < -0.4 is 12.4 Å². The summed E-state index contributed by atoms with van der Waals surface area (Å²) in [5, 5.41) is 8.42. The lowest BCUT2D eigenvalue weighted by Gasteiger charge is -2.22. The molecule has 0 spiro atoms. The van der Waals surface area contributed by atoms with E-state index < -0.39 is 0 Å². The van der Waals surface area contributed by atoms with Crippen LogP contribution in [0.2, 0.25) is 0 Å². The highest BCUT2D eigenvalue weighted by Gasteiger charge is 2.03. The van der Waals surface area contributed by atoms with Crippen molar-refractivity contribution in [3.05, 3.63) is 0 Å². The highest BCUT2D eigenvalue weighted by molar-refractivity contribution is 5.85. The van der Waals surface area contributed by atoms with Crippen molar-refractivity contribution < 1.29 is 22.0 Å². The maximum absolute atomic E-state index is 8.42. The molecule has 0 amide bonds. The van der Waals surface area contributed by atoms with E-state index in [1.165, 1.54) is 0 Å². The molecule has 0 fully saturated rings. The van der Waals surface area contributed by atoms with E-state index in [1.54, 1.807) is 0 Å². The molecule has 0 aliphatic carbocycles. The summed E-state index contributed by atoms with van der Waals surface area (Å²) in [6.45, 7) is 1.37. The molecule has 0 saturated carbocycles. The first-order chi connectivity index (χ1) is 5.29. The fourth-order valence-electron chi connectivity index (χ4n) is 0.545. The van der Waals surface area contributed by atoms with Gasteiger partial charge in [-0.3, -0.25) is 0 Å². The monoisotopic (exact) mass is 248 g/mol. The second-order valence-electron chi connectivity index (χ2n) is 4.43. The minimum absolute atomic E-state index is 0. The van der Waals surface area contributed by atoms with Crippen molar-refractivity contribution in [1.82, 2.24) is 4.90 Å². The van der Waals surface area contributed by atoms with Crippen LogP contribution >= 0.6 is 12.4 Å². The molecule has 0 aliphatic rings. The number of halogens is 2. The normalized spacial score (nSPS) is 9.43. The second-order valence-corrected chi connectivity index (χ2v) is 4.43. The van der Waals surface area contributed by atoms with Gasteiger partial charge in [-0.15, -0.1) is 12.4 Å². The molecular formula is C9H26Cl2N2O. The number of hydrogen-bond acceptors (Lipinski definition) is 2. The van der Waals surface area contributed by atoms with Crippen LogP contribution in [0, 0.1) is 0 Å². The first kappa shape index (κ1) is 23.9. The molecule has 0 aromatic heterocycles. The fraction of sp³-hybridized carbons (Fsp3) is 1.00. The van der Waals surface area contributed by atoms with Crippen LogP contribution in [-0.4, -0.2) is 69.9 Å². The van der Waals surface area contributed by atoms with Gasteiger partial charge >= 0.3 is 0 Å². The molecule has 0 unspecified atom stereocenters. The van der Waals surface area contributed by atoms with E-state index in [1.807, 2.05) is 26.0 Å². The third-order valence-electron chi connectivity index (χ3n) is 0.987. The lowest BCUT2D eigenvalue weighted by molar-refractivity contribution is -0.870. The molecule has 0 heterocycles. The maximum Gasteiger partial charge on any atom is 0.0802 e. The van der Waals surface area contributed by atoms with Crippen LogP contribution in [-0.2, 0) is 0 Å². The summed E-state index contributed by atoms with van der Waals surface area (Å²) in [6, 6.07) is 0. The Morgan fingerprint density at radius 2 is 1.36 bits per heavy atom. The number of nitrogens with zero attached hydrogens (tertiary/aromatic N) is 2. The van der Waals surface area contributed by atoms with Crippen LogP contribution in [0.1, 0.15) is 6.42 Å². The topological polar surface area (TPSA) is 23.5 Å². The highest BCUT2D eigenvalue weighted by Crippen LogP contribution is 1.90. The number of hydrogen-bond donors (Lipinski definition) is 1. The third kappa shape index (κ3) is 54.9. The zero-order valence-corrected chi connectivity index (χ0v) is 11.8. The zero-order chi connectivity index (χ0) is 10.2. The Labute approximate surface area is 101 Å². The van der Waals surface area contributed by atoms with Gasteiger partial charge in [0.2, 0.25) is 0 Å². The molecule has 0 radical (unpaired) electrons. The maximum atomic E-state index is 8.42. The molecule has 1 N–H and O–H groups in total. The standard InChI is InChI=1S/C6H16NO.C3H9N.2ClH/c1-7(2,3)5-4-6-8;1-4(2)3;;/h8H,4-6H2,1-3H3;1-3H3;2*1H/q+1;;;/p-1. The smallest absolute Gasteiger partial charge is 0.0802 e. The molecule has 14 heavy (non-hydrogen) atoms. The van der Waals surface area contributed by atoms with Gasteiger partial charge in [0, 0.05) is 13.0 Å². The van der Waals surface area contributed by atoms with Gasteiger partial charge in [0.05, 0.1) is 27.7 Å². The minimum Gasteiger partial charge on any atom is -1.00 e. The number of aliphatic hydroxyl groups is 1. The first-order valence-corrected chi connectivity index (χ1v) is 4.32. The van der Waals surface area contributed by atoms with Crippen molar-refractivity contribution in [1.29, 1.82) is 0 Å². The lowest BCUT2D eigenvalue weighted by atomic mass is 10.4. The summed E-state index contributed by atoms with van der Waals surface area (Å²) < 4.78 is 0.945. The third-order valence-corrected chi connectivity index (χ3v) is 0.987. The molecule has 0 aromatic rings. The summed E-state index contributed by atoms with van der Waals surface area (Å²) in [4.78, 5) is 2.00. The Bertz CT molecular complexity index is 92.5. The average molecular weight is 249 g/mol. The van der Waals surface area contributed by atoms with E-state index in [-0.39, 0.29) is 24.8 Å². The average Bonchev–Trinajstić information content (AvgIpc) is 1.80.